The van der Waals surface area contributed by atoms with Crippen molar-refractivity contribution in [2.75, 3.05) is 0 Å². The highest BCUT2D eigenvalue weighted by atomic mass is 16.5. The minimum Gasteiger partial charge on any atom is -0.475 e. The molecule has 0 saturated carbocycles. The summed E-state index contributed by atoms with van der Waals surface area (Å²) in [5.74, 6) is -3.47. The molecule has 0 radical (unpaired) electrons. The van der Waals surface area contributed by atoms with Crippen LogP contribution in [0.25, 0.3) is 0 Å². The van der Waals surface area contributed by atoms with Crippen LogP contribution in [0.1, 0.15) is 19.4 Å². The summed E-state index contributed by atoms with van der Waals surface area (Å²) in [5, 5.41) is 13.0. The Balaban J connectivity index is 2.40. The molecule has 23 heavy (non-hydrogen) atoms. The van der Waals surface area contributed by atoms with Crippen molar-refractivity contribution >= 4 is 23.8 Å². The van der Waals surface area contributed by atoms with E-state index in [4.69, 9.17) is 9.84 Å². The molecule has 0 aromatic heterocycles. The standard InChI is InChI=1S/C15H18N2O6/c1-9(12(18)14(20)21)16-13(19)10(2)17-15(22)23-8-11-6-4-3-5-7-11/h3-7,9-10H,8H2,1-2H3,(H,16,19)(H,17,22)(H,20,21)/t9-,10-/m0/s1. The minimum atomic E-state index is -1.64. The molecule has 1 aromatic carbocycles. The van der Waals surface area contributed by atoms with E-state index in [2.05, 4.69) is 10.6 Å². The predicted octanol–water partition coefficient (Wildman–Crippen LogP) is 0.460. The number of ketones is 1. The van der Waals surface area contributed by atoms with E-state index in [1.54, 1.807) is 24.3 Å². The SMILES string of the molecule is C[C@H](NC(=O)OCc1ccccc1)C(=O)N[C@@H](C)C(=O)C(=O)O. The van der Waals surface area contributed by atoms with Gasteiger partial charge in [-0.1, -0.05) is 30.3 Å². The Hall–Kier alpha value is -2.90. The number of Topliss-reactive ketones (excluding diaryl/α,β-unsaturated/α-hetero) is 1. The molecule has 2 amide bonds. The molecule has 124 valence electrons. The van der Waals surface area contributed by atoms with Crippen molar-refractivity contribution in [1.82, 2.24) is 10.6 Å². The minimum absolute atomic E-state index is 0.0505. The molecule has 0 unspecified atom stereocenters. The van der Waals surface area contributed by atoms with Crippen molar-refractivity contribution < 1.29 is 29.0 Å². The largest absolute Gasteiger partial charge is 0.475 e. The van der Waals surface area contributed by atoms with Crippen molar-refractivity contribution in [3.63, 3.8) is 0 Å². The topological polar surface area (TPSA) is 122 Å². The van der Waals surface area contributed by atoms with Gasteiger partial charge in [0.1, 0.15) is 12.6 Å². The Morgan fingerprint density at radius 3 is 2.22 bits per heavy atom. The second-order valence-corrected chi connectivity index (χ2v) is 4.83. The van der Waals surface area contributed by atoms with Gasteiger partial charge >= 0.3 is 12.1 Å². The van der Waals surface area contributed by atoms with Gasteiger partial charge in [0, 0.05) is 0 Å². The molecular formula is C15H18N2O6. The van der Waals surface area contributed by atoms with E-state index < -0.39 is 35.8 Å². The fraction of sp³-hybridized carbons (Fsp3) is 0.333. The van der Waals surface area contributed by atoms with Crippen LogP contribution < -0.4 is 10.6 Å². The second-order valence-electron chi connectivity index (χ2n) is 4.83. The zero-order valence-corrected chi connectivity index (χ0v) is 12.7. The molecule has 0 aliphatic rings. The Bertz CT molecular complexity index is 587. The van der Waals surface area contributed by atoms with Crippen molar-refractivity contribution in [1.29, 1.82) is 0 Å². The van der Waals surface area contributed by atoms with Crippen LogP contribution in [0.4, 0.5) is 4.79 Å². The first-order chi connectivity index (χ1) is 10.8. The van der Waals surface area contributed by atoms with Crippen LogP contribution in [0, 0.1) is 0 Å². The van der Waals surface area contributed by atoms with Crippen molar-refractivity contribution in [2.45, 2.75) is 32.5 Å². The molecular weight excluding hydrogens is 304 g/mol. The van der Waals surface area contributed by atoms with Crippen LogP contribution in [0.15, 0.2) is 30.3 Å². The molecule has 0 fully saturated rings. The normalized spacial score (nSPS) is 12.6. The third-order valence-corrected chi connectivity index (χ3v) is 2.90. The van der Waals surface area contributed by atoms with E-state index in [1.807, 2.05) is 6.07 Å². The summed E-state index contributed by atoms with van der Waals surface area (Å²) in [6.07, 6.45) is -0.797. The number of amides is 2. The number of hydrogen-bond acceptors (Lipinski definition) is 5. The van der Waals surface area contributed by atoms with Gasteiger partial charge in [-0.05, 0) is 19.4 Å². The summed E-state index contributed by atoms with van der Waals surface area (Å²) in [6.45, 7) is 2.68. The predicted molar refractivity (Wildman–Crippen MR) is 79.5 cm³/mol. The van der Waals surface area contributed by atoms with E-state index >= 15 is 0 Å². The second kappa shape index (κ2) is 8.52. The number of rotatable bonds is 7. The molecule has 2 atom stereocenters. The fourth-order valence-electron chi connectivity index (χ4n) is 1.60. The molecule has 8 nitrogen and oxygen atoms in total. The lowest BCUT2D eigenvalue weighted by Gasteiger charge is -2.16. The molecule has 0 heterocycles. The smallest absolute Gasteiger partial charge is 0.408 e. The highest BCUT2D eigenvalue weighted by Gasteiger charge is 2.25. The molecule has 8 heteroatoms. The average molecular weight is 322 g/mol. The molecule has 1 aromatic rings. The number of carboxylic acids is 1. The first-order valence-corrected chi connectivity index (χ1v) is 6.86. The van der Waals surface area contributed by atoms with Crippen molar-refractivity contribution in [2.24, 2.45) is 0 Å². The van der Waals surface area contributed by atoms with E-state index in [0.717, 1.165) is 5.56 Å². The average Bonchev–Trinajstić information content (AvgIpc) is 2.52. The Kier molecular flexibility index (Phi) is 6.72. The zero-order chi connectivity index (χ0) is 17.4. The quantitative estimate of drug-likeness (QED) is 0.627. The summed E-state index contributed by atoms with van der Waals surface area (Å²) >= 11 is 0. The molecule has 0 aliphatic heterocycles. The number of hydrogen-bond donors (Lipinski definition) is 3. The van der Waals surface area contributed by atoms with E-state index in [-0.39, 0.29) is 6.61 Å². The molecule has 3 N–H and O–H groups in total. The number of benzene rings is 1. The van der Waals surface area contributed by atoms with Crippen LogP contribution in [0.5, 0.6) is 0 Å². The lowest BCUT2D eigenvalue weighted by molar-refractivity contribution is -0.150. The number of carboxylic acid groups (broad SMARTS) is 1. The summed E-state index contributed by atoms with van der Waals surface area (Å²) in [7, 11) is 0. The third kappa shape index (κ3) is 6.16. The van der Waals surface area contributed by atoms with Gasteiger partial charge in [0.15, 0.2) is 0 Å². The van der Waals surface area contributed by atoms with E-state index in [0.29, 0.717) is 0 Å². The molecule has 1 rings (SSSR count). The number of aliphatic carboxylic acids is 1. The van der Waals surface area contributed by atoms with Gasteiger partial charge in [-0.2, -0.15) is 0 Å². The van der Waals surface area contributed by atoms with Crippen LogP contribution >= 0.6 is 0 Å². The molecule has 0 aliphatic carbocycles. The summed E-state index contributed by atoms with van der Waals surface area (Å²) in [4.78, 5) is 45.0. The fourth-order valence-corrected chi connectivity index (χ4v) is 1.60. The van der Waals surface area contributed by atoms with Gasteiger partial charge in [-0.15, -0.1) is 0 Å². The van der Waals surface area contributed by atoms with Crippen LogP contribution in [0.3, 0.4) is 0 Å². The maximum Gasteiger partial charge on any atom is 0.408 e. The molecule has 0 bridgehead atoms. The highest BCUT2D eigenvalue weighted by Crippen LogP contribution is 2.00. The molecule has 0 spiro atoms. The van der Waals surface area contributed by atoms with Crippen molar-refractivity contribution in [3.8, 4) is 0 Å². The molecule has 0 saturated heterocycles. The lowest BCUT2D eigenvalue weighted by Crippen LogP contribution is -2.50. The first-order valence-electron chi connectivity index (χ1n) is 6.86. The number of nitrogens with one attached hydrogen (secondary N) is 2. The lowest BCUT2D eigenvalue weighted by atomic mass is 10.2. The Labute approximate surface area is 132 Å². The van der Waals surface area contributed by atoms with Gasteiger partial charge in [0.2, 0.25) is 5.91 Å². The maximum atomic E-state index is 11.8. The van der Waals surface area contributed by atoms with E-state index in [1.165, 1.54) is 13.8 Å². The van der Waals surface area contributed by atoms with Gasteiger partial charge in [-0.25, -0.2) is 9.59 Å². The Morgan fingerprint density at radius 2 is 1.65 bits per heavy atom. The third-order valence-electron chi connectivity index (χ3n) is 2.90. The van der Waals surface area contributed by atoms with Gasteiger partial charge in [-0.3, -0.25) is 9.59 Å². The first kappa shape index (κ1) is 18.1. The van der Waals surface area contributed by atoms with Gasteiger partial charge < -0.3 is 20.5 Å². The summed E-state index contributed by atoms with van der Waals surface area (Å²) < 4.78 is 4.95. The zero-order valence-electron chi connectivity index (χ0n) is 12.7. The van der Waals surface area contributed by atoms with Crippen molar-refractivity contribution in [3.05, 3.63) is 35.9 Å². The summed E-state index contributed by atoms with van der Waals surface area (Å²) in [6, 6.07) is 6.81. The Morgan fingerprint density at radius 1 is 1.04 bits per heavy atom. The monoisotopic (exact) mass is 322 g/mol. The number of alkyl carbamates (subject to hydrolysis) is 1. The van der Waals surface area contributed by atoms with Crippen LogP contribution in [-0.4, -0.2) is 40.9 Å². The van der Waals surface area contributed by atoms with Gasteiger partial charge in [0.25, 0.3) is 5.78 Å². The maximum absolute atomic E-state index is 11.8. The highest BCUT2D eigenvalue weighted by molar-refractivity contribution is 6.35. The number of ether oxygens (including phenoxy) is 1. The van der Waals surface area contributed by atoms with Crippen LogP contribution in [0.2, 0.25) is 0 Å². The van der Waals surface area contributed by atoms with E-state index in [9.17, 15) is 19.2 Å². The van der Waals surface area contributed by atoms with Gasteiger partial charge in [0.05, 0.1) is 6.04 Å². The van der Waals surface area contributed by atoms with Crippen LogP contribution in [-0.2, 0) is 25.7 Å². The number of carbonyl (C=O) groups excluding carboxylic acids is 3. The summed E-state index contributed by atoms with van der Waals surface area (Å²) in [5.41, 5.74) is 0.792. The number of carbonyl (C=O) groups is 4.